The maximum absolute atomic E-state index is 14.2. The molecule has 1 spiro atoms. The number of sulfonamides is 1. The first-order valence-corrected chi connectivity index (χ1v) is 13.9. The minimum Gasteiger partial charge on any atom is -0.276 e. The summed E-state index contributed by atoms with van der Waals surface area (Å²) in [4.78, 5) is 18.9. The predicted molar refractivity (Wildman–Crippen MR) is 136 cm³/mol. The van der Waals surface area contributed by atoms with Gasteiger partial charge >= 0.3 is 0 Å². The Hall–Kier alpha value is -2.18. The number of aliphatic imine (C=N–C) groups is 1. The van der Waals surface area contributed by atoms with E-state index in [4.69, 9.17) is 16.6 Å². The second kappa shape index (κ2) is 7.92. The SMILES string of the molecule is CC1(C)[C@@H]2CC[C@]13CS(=O)(=O)N(C(=O)[C@@](C)(Cc1ccccc1)N=Cc1ccc(Cl)cc1)[C@@H]3C2. The van der Waals surface area contributed by atoms with Crippen LogP contribution in [0.4, 0.5) is 0 Å². The number of hydrogen-bond acceptors (Lipinski definition) is 4. The Bertz CT molecular complexity index is 1240. The van der Waals surface area contributed by atoms with Gasteiger partial charge in [0.15, 0.2) is 0 Å². The van der Waals surface area contributed by atoms with Crippen LogP contribution in [0, 0.1) is 16.7 Å². The summed E-state index contributed by atoms with van der Waals surface area (Å²) in [6, 6.07) is 16.6. The van der Waals surface area contributed by atoms with Crippen molar-refractivity contribution in [1.82, 2.24) is 4.31 Å². The van der Waals surface area contributed by atoms with Crippen molar-refractivity contribution in [3.63, 3.8) is 0 Å². The number of halogens is 1. The highest BCUT2D eigenvalue weighted by molar-refractivity contribution is 7.90. The van der Waals surface area contributed by atoms with Gasteiger partial charge < -0.3 is 0 Å². The molecule has 2 aliphatic carbocycles. The van der Waals surface area contributed by atoms with Crippen molar-refractivity contribution >= 4 is 33.7 Å². The highest BCUT2D eigenvalue weighted by Gasteiger charge is 2.73. The van der Waals surface area contributed by atoms with E-state index in [2.05, 4.69) is 13.8 Å². The molecule has 7 heteroatoms. The molecule has 1 heterocycles. The topological polar surface area (TPSA) is 66.8 Å². The number of nitrogens with zero attached hydrogens (tertiary/aromatic N) is 2. The highest BCUT2D eigenvalue weighted by atomic mass is 35.5. The normalized spacial score (nSPS) is 30.4. The van der Waals surface area contributed by atoms with Crippen LogP contribution >= 0.6 is 11.6 Å². The van der Waals surface area contributed by atoms with E-state index in [-0.39, 0.29) is 22.6 Å². The molecular formula is C27H31ClN2O3S. The second-order valence-electron chi connectivity index (χ2n) is 11.0. The van der Waals surface area contributed by atoms with E-state index in [0.717, 1.165) is 30.4 Å². The van der Waals surface area contributed by atoms with Gasteiger partial charge in [-0.05, 0) is 60.8 Å². The number of carbonyl (C=O) groups excluding carboxylic acids is 1. The lowest BCUT2D eigenvalue weighted by molar-refractivity contribution is -0.134. The van der Waals surface area contributed by atoms with Gasteiger partial charge in [-0.1, -0.05) is 67.9 Å². The fraction of sp³-hybridized carbons (Fsp3) is 0.481. The average molecular weight is 499 g/mol. The number of rotatable bonds is 5. The summed E-state index contributed by atoms with van der Waals surface area (Å²) in [7, 11) is -3.73. The largest absolute Gasteiger partial charge is 0.276 e. The van der Waals surface area contributed by atoms with Crippen LogP contribution in [-0.4, -0.2) is 42.2 Å². The molecule has 2 saturated carbocycles. The zero-order valence-electron chi connectivity index (χ0n) is 19.9. The molecule has 5 nitrogen and oxygen atoms in total. The van der Waals surface area contributed by atoms with Gasteiger partial charge in [-0.15, -0.1) is 0 Å². The fourth-order valence-corrected chi connectivity index (χ4v) is 9.48. The summed E-state index contributed by atoms with van der Waals surface area (Å²) < 4.78 is 28.3. The number of carbonyl (C=O) groups is 1. The van der Waals surface area contributed by atoms with Crippen LogP contribution in [0.2, 0.25) is 5.02 Å². The molecule has 34 heavy (non-hydrogen) atoms. The zero-order chi connectivity index (χ0) is 24.4. The lowest BCUT2D eigenvalue weighted by atomic mass is 9.69. The van der Waals surface area contributed by atoms with Crippen molar-refractivity contribution in [3.05, 3.63) is 70.7 Å². The molecule has 2 aromatic carbocycles. The van der Waals surface area contributed by atoms with E-state index in [1.807, 2.05) is 42.5 Å². The van der Waals surface area contributed by atoms with Crippen LogP contribution in [-0.2, 0) is 21.2 Å². The van der Waals surface area contributed by atoms with Gasteiger partial charge in [0.1, 0.15) is 5.54 Å². The molecule has 0 aromatic heterocycles. The van der Waals surface area contributed by atoms with E-state index in [1.54, 1.807) is 25.3 Å². The van der Waals surface area contributed by atoms with Gasteiger partial charge in [0.25, 0.3) is 5.91 Å². The molecule has 4 atom stereocenters. The Morgan fingerprint density at radius 2 is 1.85 bits per heavy atom. The molecule has 0 radical (unpaired) electrons. The summed E-state index contributed by atoms with van der Waals surface area (Å²) in [5, 5.41) is 0.618. The van der Waals surface area contributed by atoms with E-state index in [9.17, 15) is 13.2 Å². The number of hydrogen-bond donors (Lipinski definition) is 0. The smallest absolute Gasteiger partial charge is 0.264 e. The first-order chi connectivity index (χ1) is 16.0. The number of benzene rings is 2. The Morgan fingerprint density at radius 3 is 2.50 bits per heavy atom. The quantitative estimate of drug-likeness (QED) is 0.537. The van der Waals surface area contributed by atoms with Gasteiger partial charge in [0.05, 0.1) is 11.8 Å². The van der Waals surface area contributed by atoms with Gasteiger partial charge in [-0.3, -0.25) is 9.79 Å². The van der Waals surface area contributed by atoms with E-state index < -0.39 is 21.5 Å². The third-order valence-electron chi connectivity index (χ3n) is 8.83. The van der Waals surface area contributed by atoms with Crippen molar-refractivity contribution in [2.24, 2.45) is 21.7 Å². The van der Waals surface area contributed by atoms with Gasteiger partial charge in [0, 0.05) is 23.1 Å². The molecule has 5 rings (SSSR count). The lowest BCUT2D eigenvalue weighted by Crippen LogP contribution is -2.52. The molecule has 3 aliphatic rings. The molecule has 1 aliphatic heterocycles. The monoisotopic (exact) mass is 498 g/mol. The van der Waals surface area contributed by atoms with Gasteiger partial charge in [0.2, 0.25) is 10.0 Å². The number of amides is 1. The minimum absolute atomic E-state index is 0.0578. The van der Waals surface area contributed by atoms with Gasteiger partial charge in [-0.2, -0.15) is 0 Å². The van der Waals surface area contributed by atoms with E-state index in [1.165, 1.54) is 4.31 Å². The molecule has 2 bridgehead atoms. The van der Waals surface area contributed by atoms with E-state index >= 15 is 0 Å². The van der Waals surface area contributed by atoms with Crippen LogP contribution in [0.5, 0.6) is 0 Å². The third-order valence-corrected chi connectivity index (χ3v) is 11.0. The summed E-state index contributed by atoms with van der Waals surface area (Å²) in [5.74, 6) is 0.0791. The number of fused-ring (bicyclic) bond motifs is 1. The van der Waals surface area contributed by atoms with Crippen molar-refractivity contribution in [2.75, 3.05) is 5.75 Å². The van der Waals surface area contributed by atoms with Crippen molar-refractivity contribution in [1.29, 1.82) is 0 Å². The first-order valence-electron chi connectivity index (χ1n) is 11.9. The predicted octanol–water partition coefficient (Wildman–Crippen LogP) is 5.13. The molecule has 1 saturated heterocycles. The van der Waals surface area contributed by atoms with Crippen LogP contribution in [0.1, 0.15) is 51.2 Å². The molecule has 0 N–H and O–H groups in total. The molecule has 2 aromatic rings. The summed E-state index contributed by atoms with van der Waals surface area (Å²) in [6.45, 7) is 6.14. The van der Waals surface area contributed by atoms with Crippen LogP contribution in [0.15, 0.2) is 59.6 Å². The molecular weight excluding hydrogens is 468 g/mol. The molecule has 180 valence electrons. The molecule has 3 fully saturated rings. The molecule has 1 amide bonds. The van der Waals surface area contributed by atoms with Crippen molar-refractivity contribution in [3.8, 4) is 0 Å². The lowest BCUT2D eigenvalue weighted by Gasteiger charge is -2.38. The summed E-state index contributed by atoms with van der Waals surface area (Å²) >= 11 is 6.01. The Labute approximate surface area is 207 Å². The minimum atomic E-state index is -3.73. The van der Waals surface area contributed by atoms with Crippen LogP contribution in [0.3, 0.4) is 0 Å². The van der Waals surface area contributed by atoms with Crippen LogP contribution < -0.4 is 0 Å². The fourth-order valence-electron chi connectivity index (χ4n) is 6.73. The maximum Gasteiger partial charge on any atom is 0.264 e. The average Bonchev–Trinajstić information content (AvgIpc) is 3.27. The Balaban J connectivity index is 1.54. The van der Waals surface area contributed by atoms with E-state index in [0.29, 0.717) is 17.4 Å². The van der Waals surface area contributed by atoms with Gasteiger partial charge in [-0.25, -0.2) is 12.7 Å². The van der Waals surface area contributed by atoms with Crippen molar-refractivity contribution < 1.29 is 13.2 Å². The molecule has 0 unspecified atom stereocenters. The summed E-state index contributed by atoms with van der Waals surface area (Å²) in [5.41, 5.74) is 0.0254. The second-order valence-corrected chi connectivity index (χ2v) is 13.3. The van der Waals surface area contributed by atoms with Crippen molar-refractivity contribution in [2.45, 2.75) is 58.0 Å². The summed E-state index contributed by atoms with van der Waals surface area (Å²) in [6.07, 6.45) is 4.62. The Morgan fingerprint density at radius 1 is 1.18 bits per heavy atom. The third kappa shape index (κ3) is 3.53. The van der Waals surface area contributed by atoms with Crippen LogP contribution in [0.25, 0.3) is 0 Å². The first kappa shape index (κ1) is 23.6. The standard InChI is InChI=1S/C27H31ClN2O3S/c1-25(2)21-13-14-27(25)18-34(32,33)30(23(27)15-21)24(31)26(3,16-19-7-5-4-6-8-19)29-17-20-9-11-22(28)12-10-20/h4-12,17,21,23H,13-16,18H2,1-3H3/t21-,23-,26-,27-/m1/s1. The maximum atomic E-state index is 14.2. The zero-order valence-corrected chi connectivity index (χ0v) is 21.4. The highest BCUT2D eigenvalue weighted by Crippen LogP contribution is 2.70. The Kier molecular flexibility index (Phi) is 5.49.